The number of aromatic nitrogens is 1. The SMILES string of the molecule is C#C[C@]1(O)CC[C@H](N/C=C2/C=C(NC(=O)c3cccc(C(C)C)[n+]3O)C(OCC3CC3)=CC2=N)CC1. The Bertz CT molecular complexity index is 1160. The van der Waals surface area contributed by atoms with E-state index in [1.807, 2.05) is 13.8 Å². The summed E-state index contributed by atoms with van der Waals surface area (Å²) >= 11 is 0. The second kappa shape index (κ2) is 10.6. The Balaban J connectivity index is 1.52. The predicted octanol–water partition coefficient (Wildman–Crippen LogP) is 3.07. The van der Waals surface area contributed by atoms with E-state index in [-0.39, 0.29) is 23.4 Å². The second-order valence-corrected chi connectivity index (χ2v) is 10.2. The Hall–Kier alpha value is -3.57. The van der Waals surface area contributed by atoms with Gasteiger partial charge >= 0.3 is 11.6 Å². The van der Waals surface area contributed by atoms with Crippen LogP contribution >= 0.6 is 0 Å². The molecule has 0 aromatic carbocycles. The summed E-state index contributed by atoms with van der Waals surface area (Å²) in [6.07, 6.45) is 15.3. The van der Waals surface area contributed by atoms with E-state index in [2.05, 4.69) is 16.6 Å². The molecule has 0 bridgehead atoms. The number of hydrogen-bond acceptors (Lipinski definition) is 6. The maximum absolute atomic E-state index is 13.1. The zero-order chi connectivity index (χ0) is 25.9. The molecule has 1 amide bonds. The third kappa shape index (κ3) is 5.97. The lowest BCUT2D eigenvalue weighted by atomic mass is 9.83. The first kappa shape index (κ1) is 25.5. The van der Waals surface area contributed by atoms with Gasteiger partial charge in [-0.05, 0) is 56.6 Å². The summed E-state index contributed by atoms with van der Waals surface area (Å²) in [6, 6.07) is 5.20. The highest BCUT2D eigenvalue weighted by molar-refractivity contribution is 6.10. The molecule has 0 spiro atoms. The first-order valence-corrected chi connectivity index (χ1v) is 12.6. The molecular formula is C28H35N4O4+. The van der Waals surface area contributed by atoms with Gasteiger partial charge in [0.05, 0.1) is 18.0 Å². The van der Waals surface area contributed by atoms with Gasteiger partial charge in [0.15, 0.2) is 0 Å². The molecule has 1 aromatic heterocycles. The van der Waals surface area contributed by atoms with Crippen molar-refractivity contribution < 1.29 is 24.6 Å². The molecule has 3 aliphatic carbocycles. The highest BCUT2D eigenvalue weighted by Crippen LogP contribution is 2.31. The van der Waals surface area contributed by atoms with Gasteiger partial charge in [0, 0.05) is 46.7 Å². The largest absolute Gasteiger partial charge is 0.491 e. The van der Waals surface area contributed by atoms with Crippen molar-refractivity contribution in [2.75, 3.05) is 6.61 Å². The molecule has 2 fully saturated rings. The molecule has 5 N–H and O–H groups in total. The molecule has 8 heteroatoms. The summed E-state index contributed by atoms with van der Waals surface area (Å²) in [5.74, 6) is 2.97. The molecule has 0 saturated heterocycles. The summed E-state index contributed by atoms with van der Waals surface area (Å²) in [4.78, 5) is 13.1. The zero-order valence-corrected chi connectivity index (χ0v) is 20.9. The minimum atomic E-state index is -1.03. The fraction of sp³-hybridized carbons (Fsp3) is 0.464. The van der Waals surface area contributed by atoms with Crippen LogP contribution in [0.3, 0.4) is 0 Å². The Morgan fingerprint density at radius 2 is 2.03 bits per heavy atom. The lowest BCUT2D eigenvalue weighted by molar-refractivity contribution is -0.911. The highest BCUT2D eigenvalue weighted by Gasteiger charge is 2.32. The summed E-state index contributed by atoms with van der Waals surface area (Å²) in [5, 5.41) is 35.6. The topological polar surface area (TPSA) is 119 Å². The second-order valence-electron chi connectivity index (χ2n) is 10.2. The van der Waals surface area contributed by atoms with E-state index in [1.165, 1.54) is 0 Å². The average Bonchev–Trinajstić information content (AvgIpc) is 3.68. The number of hydrogen-bond donors (Lipinski definition) is 5. The Morgan fingerprint density at radius 3 is 2.67 bits per heavy atom. The maximum Gasteiger partial charge on any atom is 0.325 e. The van der Waals surface area contributed by atoms with E-state index < -0.39 is 11.5 Å². The van der Waals surface area contributed by atoms with Crippen molar-refractivity contribution in [2.24, 2.45) is 5.92 Å². The Kier molecular flexibility index (Phi) is 7.51. The number of carbonyl (C=O) groups is 1. The summed E-state index contributed by atoms with van der Waals surface area (Å²) in [5.41, 5.74) is 0.988. The maximum atomic E-state index is 13.1. The highest BCUT2D eigenvalue weighted by atomic mass is 16.5. The molecule has 1 heterocycles. The number of aliphatic hydroxyl groups is 1. The third-order valence-electron chi connectivity index (χ3n) is 6.95. The summed E-state index contributed by atoms with van der Waals surface area (Å²) in [6.45, 7) is 4.41. The van der Waals surface area contributed by atoms with Crippen LogP contribution in [-0.4, -0.2) is 40.2 Å². The molecule has 190 valence electrons. The van der Waals surface area contributed by atoms with Crippen molar-refractivity contribution in [1.29, 1.82) is 5.41 Å². The quantitative estimate of drug-likeness (QED) is 0.218. The molecule has 0 atom stereocenters. The Labute approximate surface area is 212 Å². The van der Waals surface area contributed by atoms with Crippen molar-refractivity contribution in [3.63, 3.8) is 0 Å². The van der Waals surface area contributed by atoms with Crippen LogP contribution in [-0.2, 0) is 4.74 Å². The number of rotatable bonds is 8. The third-order valence-corrected chi connectivity index (χ3v) is 6.95. The van der Waals surface area contributed by atoms with E-state index in [0.29, 0.717) is 48.1 Å². The molecule has 4 rings (SSSR count). The average molecular weight is 492 g/mol. The number of nitrogens with zero attached hydrogens (tertiary/aromatic N) is 1. The predicted molar refractivity (Wildman–Crippen MR) is 135 cm³/mol. The normalized spacial score (nSPS) is 25.1. The van der Waals surface area contributed by atoms with Gasteiger partial charge < -0.3 is 25.9 Å². The van der Waals surface area contributed by atoms with Crippen molar-refractivity contribution >= 4 is 11.6 Å². The van der Waals surface area contributed by atoms with Gasteiger partial charge in [0.25, 0.3) is 0 Å². The van der Waals surface area contributed by atoms with E-state index in [1.54, 1.807) is 36.6 Å². The van der Waals surface area contributed by atoms with Crippen LogP contribution in [0.15, 0.2) is 53.6 Å². The summed E-state index contributed by atoms with van der Waals surface area (Å²) < 4.78 is 6.89. The fourth-order valence-corrected chi connectivity index (χ4v) is 4.35. The van der Waals surface area contributed by atoms with Crippen LogP contribution in [0.5, 0.6) is 0 Å². The number of terminal acetylenes is 1. The molecule has 0 radical (unpaired) electrons. The smallest absolute Gasteiger partial charge is 0.325 e. The van der Waals surface area contributed by atoms with Crippen LogP contribution < -0.4 is 15.4 Å². The molecule has 8 nitrogen and oxygen atoms in total. The van der Waals surface area contributed by atoms with Crippen molar-refractivity contribution in [1.82, 2.24) is 10.6 Å². The van der Waals surface area contributed by atoms with Crippen LogP contribution in [0.25, 0.3) is 0 Å². The minimum Gasteiger partial charge on any atom is -0.491 e. The first-order chi connectivity index (χ1) is 17.2. The molecule has 0 aliphatic heterocycles. The van der Waals surface area contributed by atoms with Crippen molar-refractivity contribution in [3.05, 3.63) is 65.0 Å². The monoisotopic (exact) mass is 491 g/mol. The number of nitrogens with one attached hydrogen (secondary N) is 3. The minimum absolute atomic E-state index is 0.0338. The molecule has 0 unspecified atom stereocenters. The van der Waals surface area contributed by atoms with Crippen LogP contribution in [0.1, 0.15) is 74.5 Å². The molecule has 2 saturated carbocycles. The zero-order valence-electron chi connectivity index (χ0n) is 20.9. The molecule has 36 heavy (non-hydrogen) atoms. The molecular weight excluding hydrogens is 456 g/mol. The number of ether oxygens (including phenoxy) is 1. The van der Waals surface area contributed by atoms with Crippen LogP contribution in [0, 0.1) is 23.7 Å². The lowest BCUT2D eigenvalue weighted by Crippen LogP contribution is -2.45. The number of carbonyl (C=O) groups excluding carboxylic acids is 1. The first-order valence-electron chi connectivity index (χ1n) is 12.6. The van der Waals surface area contributed by atoms with Gasteiger partial charge in [-0.2, -0.15) is 0 Å². The van der Waals surface area contributed by atoms with Gasteiger partial charge in [-0.25, -0.2) is 0 Å². The van der Waals surface area contributed by atoms with Gasteiger partial charge in [0.2, 0.25) is 5.69 Å². The van der Waals surface area contributed by atoms with Gasteiger partial charge in [-0.3, -0.25) is 10.0 Å². The van der Waals surface area contributed by atoms with Crippen molar-refractivity contribution in [2.45, 2.75) is 69.9 Å². The van der Waals surface area contributed by atoms with Crippen LogP contribution in [0.4, 0.5) is 0 Å². The van der Waals surface area contributed by atoms with Crippen molar-refractivity contribution in [3.8, 4) is 12.3 Å². The number of allylic oxidation sites excluding steroid dienone is 3. The van der Waals surface area contributed by atoms with Gasteiger partial charge in [-0.15, -0.1) is 6.42 Å². The van der Waals surface area contributed by atoms with E-state index in [0.717, 1.165) is 30.4 Å². The van der Waals surface area contributed by atoms with Gasteiger partial charge in [-0.1, -0.05) is 19.8 Å². The standard InChI is InChI=1S/C28H34N4O4/c1-4-28(34)12-10-21(11-13-28)30-16-20-14-23(26(15-22(20)29)36-17-19-8-9-19)31-27(33)25-7-5-6-24(18(2)3)32(25)35/h1,5-7,14-16,18-19,21,29,33-35H,8-13,17H2,2-3H3/p+1/t21-,28-. The molecule has 3 aliphatic rings. The van der Waals surface area contributed by atoms with E-state index in [4.69, 9.17) is 16.6 Å². The van der Waals surface area contributed by atoms with E-state index >= 15 is 0 Å². The molecule has 1 aromatic rings. The number of amides is 1. The summed E-state index contributed by atoms with van der Waals surface area (Å²) in [7, 11) is 0. The van der Waals surface area contributed by atoms with Crippen LogP contribution in [0.2, 0.25) is 0 Å². The van der Waals surface area contributed by atoms with E-state index in [9.17, 15) is 15.1 Å². The lowest BCUT2D eigenvalue weighted by Gasteiger charge is -2.32. The van der Waals surface area contributed by atoms with Gasteiger partial charge in [0.1, 0.15) is 11.4 Å². The number of pyridine rings is 1. The Morgan fingerprint density at radius 1 is 1.31 bits per heavy atom. The fourth-order valence-electron chi connectivity index (χ4n) is 4.35.